The van der Waals surface area contributed by atoms with E-state index >= 15 is 0 Å². The van der Waals surface area contributed by atoms with E-state index in [1.165, 1.54) is 57.8 Å². The number of carbonyl (C=O) groups is 4. The quantitative estimate of drug-likeness (QED) is 0.0825. The molecule has 216 valence electrons. The topological polar surface area (TPSA) is 127 Å². The molecule has 0 aliphatic rings. The van der Waals surface area contributed by atoms with Crippen LogP contribution in [-0.4, -0.2) is 46.3 Å². The highest BCUT2D eigenvalue weighted by Gasteiger charge is 2.42. The molecule has 0 aromatic carbocycles. The summed E-state index contributed by atoms with van der Waals surface area (Å²) in [5.41, 5.74) is -2.67. The molecule has 0 heterocycles. The maximum atomic E-state index is 12.0. The van der Waals surface area contributed by atoms with Crippen molar-refractivity contribution in [3.05, 3.63) is 0 Å². The van der Waals surface area contributed by atoms with Crippen LogP contribution in [0.25, 0.3) is 0 Å². The molecule has 2 N–H and O–H groups in total. The van der Waals surface area contributed by atoms with Gasteiger partial charge in [0.05, 0.1) is 19.4 Å². The fourth-order valence-corrected chi connectivity index (χ4v) is 4.08. The Balaban J connectivity index is 3.89. The Labute approximate surface area is 223 Å². The van der Waals surface area contributed by atoms with Gasteiger partial charge in [-0.25, -0.2) is 4.79 Å². The maximum absolute atomic E-state index is 12.0. The zero-order valence-corrected chi connectivity index (χ0v) is 23.6. The number of hydrogen-bond donors (Lipinski definition) is 2. The Hall–Kier alpha value is -1.96. The van der Waals surface area contributed by atoms with Gasteiger partial charge in [0.2, 0.25) is 0 Å². The molecule has 0 saturated carbocycles. The highest BCUT2D eigenvalue weighted by molar-refractivity contribution is 5.92. The van der Waals surface area contributed by atoms with Crippen LogP contribution in [0.1, 0.15) is 143 Å². The van der Waals surface area contributed by atoms with Gasteiger partial charge in [0.15, 0.2) is 5.60 Å². The molecule has 1 atom stereocenters. The lowest BCUT2D eigenvalue weighted by molar-refractivity contribution is -0.175. The molecule has 0 fully saturated rings. The fourth-order valence-electron chi connectivity index (χ4n) is 4.08. The number of aliphatic hydroxyl groups is 1. The summed E-state index contributed by atoms with van der Waals surface area (Å²) in [4.78, 5) is 47.0. The summed E-state index contributed by atoms with van der Waals surface area (Å²) >= 11 is 0. The number of carboxylic acids is 1. The molecule has 0 aliphatic heterocycles. The van der Waals surface area contributed by atoms with Crippen LogP contribution in [0.4, 0.5) is 0 Å². The highest BCUT2D eigenvalue weighted by atomic mass is 16.6. The predicted molar refractivity (Wildman–Crippen MR) is 143 cm³/mol. The van der Waals surface area contributed by atoms with Crippen molar-refractivity contribution >= 4 is 23.9 Å². The van der Waals surface area contributed by atoms with Gasteiger partial charge >= 0.3 is 23.9 Å². The van der Waals surface area contributed by atoms with Gasteiger partial charge in [-0.05, 0) is 18.8 Å². The summed E-state index contributed by atoms with van der Waals surface area (Å²) in [7, 11) is 0. The van der Waals surface area contributed by atoms with Crippen LogP contribution in [0.3, 0.4) is 0 Å². The Morgan fingerprint density at radius 3 is 1.65 bits per heavy atom. The lowest BCUT2D eigenvalue weighted by Crippen LogP contribution is -2.43. The molecule has 1 unspecified atom stereocenters. The van der Waals surface area contributed by atoms with E-state index in [4.69, 9.17) is 4.74 Å². The molecule has 37 heavy (non-hydrogen) atoms. The Morgan fingerprint density at radius 2 is 1.16 bits per heavy atom. The van der Waals surface area contributed by atoms with Gasteiger partial charge in [-0.3, -0.25) is 14.4 Å². The van der Waals surface area contributed by atoms with E-state index in [0.717, 1.165) is 38.0 Å². The van der Waals surface area contributed by atoms with Gasteiger partial charge < -0.3 is 19.7 Å². The minimum Gasteiger partial charge on any atom is -0.479 e. The molecule has 0 spiro atoms. The van der Waals surface area contributed by atoms with Crippen molar-refractivity contribution in [2.75, 3.05) is 6.61 Å². The van der Waals surface area contributed by atoms with Crippen LogP contribution in [0, 0.1) is 5.92 Å². The van der Waals surface area contributed by atoms with E-state index in [0.29, 0.717) is 12.8 Å². The predicted octanol–water partition coefficient (Wildman–Crippen LogP) is 6.50. The molecule has 0 amide bonds. The summed E-state index contributed by atoms with van der Waals surface area (Å²) in [6.45, 7) is 6.65. The third-order valence-corrected chi connectivity index (χ3v) is 6.42. The zero-order valence-electron chi connectivity index (χ0n) is 23.6. The van der Waals surface area contributed by atoms with Crippen molar-refractivity contribution in [1.82, 2.24) is 0 Å². The second kappa shape index (κ2) is 22.1. The third kappa shape index (κ3) is 20.7. The van der Waals surface area contributed by atoms with Crippen LogP contribution >= 0.6 is 0 Å². The third-order valence-electron chi connectivity index (χ3n) is 6.42. The van der Waals surface area contributed by atoms with Crippen LogP contribution < -0.4 is 0 Å². The minimum atomic E-state index is -2.67. The summed E-state index contributed by atoms with van der Waals surface area (Å²) in [5, 5.41) is 19.6. The van der Waals surface area contributed by atoms with E-state index in [2.05, 4.69) is 18.6 Å². The molecule has 0 rings (SSSR count). The van der Waals surface area contributed by atoms with Gasteiger partial charge in [-0.1, -0.05) is 111 Å². The first-order chi connectivity index (χ1) is 17.6. The van der Waals surface area contributed by atoms with Crippen molar-refractivity contribution in [3.8, 4) is 0 Å². The summed E-state index contributed by atoms with van der Waals surface area (Å²) in [6.07, 6.45) is 15.9. The fraction of sp³-hybridized carbons (Fsp3) is 0.862. The maximum Gasteiger partial charge on any atom is 0.336 e. The number of carbonyl (C=O) groups excluding carboxylic acids is 3. The number of unbranched alkanes of at least 4 members (excludes halogenated alkanes) is 13. The summed E-state index contributed by atoms with van der Waals surface area (Å²) in [6, 6.07) is 0. The SMILES string of the molecule is CCCCCC(=O)OC(=O)CC(O)(CC(=O)OCCCCCCCCCCCCCCC(C)C)C(=O)O. The van der Waals surface area contributed by atoms with Gasteiger partial charge in [0.1, 0.15) is 0 Å². The van der Waals surface area contributed by atoms with Crippen LogP contribution in [0.2, 0.25) is 0 Å². The molecule has 0 aromatic heterocycles. The van der Waals surface area contributed by atoms with Crippen molar-refractivity contribution in [2.45, 2.75) is 148 Å². The average molecular weight is 529 g/mol. The van der Waals surface area contributed by atoms with Crippen LogP contribution in [0.15, 0.2) is 0 Å². The number of ether oxygens (including phenoxy) is 2. The second-order valence-electron chi connectivity index (χ2n) is 10.6. The Morgan fingerprint density at radius 1 is 0.676 bits per heavy atom. The zero-order chi connectivity index (χ0) is 27.9. The molecular formula is C29H52O8. The lowest BCUT2D eigenvalue weighted by Gasteiger charge is -2.21. The first-order valence-corrected chi connectivity index (χ1v) is 14.5. The second-order valence-corrected chi connectivity index (χ2v) is 10.6. The van der Waals surface area contributed by atoms with E-state index in [-0.39, 0.29) is 13.0 Å². The number of rotatable bonds is 24. The normalized spacial score (nSPS) is 12.8. The van der Waals surface area contributed by atoms with E-state index in [1.807, 2.05) is 6.92 Å². The monoisotopic (exact) mass is 528 g/mol. The summed E-state index contributed by atoms with van der Waals surface area (Å²) in [5.74, 6) is -3.80. The van der Waals surface area contributed by atoms with Crippen molar-refractivity contribution in [3.63, 3.8) is 0 Å². The van der Waals surface area contributed by atoms with Crippen molar-refractivity contribution < 1.29 is 38.9 Å². The van der Waals surface area contributed by atoms with E-state index in [1.54, 1.807) is 0 Å². The molecule has 0 aliphatic carbocycles. The van der Waals surface area contributed by atoms with Crippen LogP contribution in [-0.2, 0) is 28.7 Å². The van der Waals surface area contributed by atoms with E-state index < -0.39 is 42.3 Å². The van der Waals surface area contributed by atoms with Crippen LogP contribution in [0.5, 0.6) is 0 Å². The van der Waals surface area contributed by atoms with Gasteiger partial charge in [-0.15, -0.1) is 0 Å². The largest absolute Gasteiger partial charge is 0.479 e. The lowest BCUT2D eigenvalue weighted by atomic mass is 9.96. The first-order valence-electron chi connectivity index (χ1n) is 14.5. The molecule has 8 heteroatoms. The van der Waals surface area contributed by atoms with E-state index in [9.17, 15) is 29.4 Å². The average Bonchev–Trinajstić information content (AvgIpc) is 2.81. The summed E-state index contributed by atoms with van der Waals surface area (Å²) < 4.78 is 9.61. The highest BCUT2D eigenvalue weighted by Crippen LogP contribution is 2.19. The first kappa shape index (κ1) is 35.0. The standard InChI is InChI=1S/C29H52O8/c1-4-5-16-20-25(30)37-27(32)23-29(35,28(33)34)22-26(31)36-21-18-15-13-11-9-7-6-8-10-12-14-17-19-24(2)3/h24,35H,4-23H2,1-3H3,(H,33,34). The van der Waals surface area contributed by atoms with Crippen molar-refractivity contribution in [1.29, 1.82) is 0 Å². The minimum absolute atomic E-state index is 0.0335. The molecule has 0 bridgehead atoms. The van der Waals surface area contributed by atoms with Gasteiger partial charge in [0.25, 0.3) is 0 Å². The Kier molecular flexibility index (Phi) is 20.9. The smallest absolute Gasteiger partial charge is 0.336 e. The molecule has 8 nitrogen and oxygen atoms in total. The number of hydrogen-bond acceptors (Lipinski definition) is 7. The molecule has 0 radical (unpaired) electrons. The van der Waals surface area contributed by atoms with Crippen molar-refractivity contribution in [2.24, 2.45) is 5.92 Å². The number of carboxylic acid groups (broad SMARTS) is 1. The number of aliphatic carboxylic acids is 1. The van der Waals surface area contributed by atoms with Gasteiger partial charge in [0, 0.05) is 6.42 Å². The Bertz CT molecular complexity index is 646. The molecule has 0 saturated heterocycles. The molecule has 0 aromatic rings. The number of esters is 3. The van der Waals surface area contributed by atoms with Gasteiger partial charge in [-0.2, -0.15) is 0 Å². The molecular weight excluding hydrogens is 476 g/mol.